The maximum atomic E-state index is 11.3. The van der Waals surface area contributed by atoms with E-state index in [0.29, 0.717) is 23.2 Å². The monoisotopic (exact) mass is 249 g/mol. The molecule has 0 aliphatic carbocycles. The van der Waals surface area contributed by atoms with Crippen molar-refractivity contribution < 1.29 is 9.53 Å². The number of rotatable bonds is 4. The van der Waals surface area contributed by atoms with Gasteiger partial charge in [-0.3, -0.25) is 4.79 Å². The number of nitrogens with one attached hydrogen (secondary N) is 2. The smallest absolute Gasteiger partial charge is 0.262 e. The number of nitrogens with two attached hydrogens (primary N) is 1. The fraction of sp³-hybridized carbons (Fsp3) is 0.462. The fourth-order valence-corrected chi connectivity index (χ4v) is 1.98. The molecule has 1 amide bonds. The predicted octanol–water partition coefficient (Wildman–Crippen LogP) is 2.20. The summed E-state index contributed by atoms with van der Waals surface area (Å²) in [4.78, 5) is 11.3. The molecule has 2 rings (SSSR count). The molecule has 0 radical (unpaired) electrons. The maximum Gasteiger partial charge on any atom is 0.262 e. The lowest BCUT2D eigenvalue weighted by molar-refractivity contribution is -0.118. The molecule has 0 unspecified atom stereocenters. The van der Waals surface area contributed by atoms with Crippen LogP contribution in [0.5, 0.6) is 5.75 Å². The number of hydrogen-bond donors (Lipinski definition) is 3. The third-order valence-corrected chi connectivity index (χ3v) is 3.13. The Morgan fingerprint density at radius 2 is 2.17 bits per heavy atom. The average molecular weight is 249 g/mol. The van der Waals surface area contributed by atoms with E-state index in [1.807, 2.05) is 6.07 Å². The van der Waals surface area contributed by atoms with E-state index in [1.54, 1.807) is 6.07 Å². The molecule has 98 valence electrons. The second-order valence-electron chi connectivity index (χ2n) is 4.43. The molecule has 18 heavy (non-hydrogen) atoms. The van der Waals surface area contributed by atoms with Gasteiger partial charge in [0, 0.05) is 12.1 Å². The normalized spacial score (nSPS) is 13.8. The Morgan fingerprint density at radius 1 is 1.44 bits per heavy atom. The summed E-state index contributed by atoms with van der Waals surface area (Å²) in [5.74, 6) is 0.489. The summed E-state index contributed by atoms with van der Waals surface area (Å²) >= 11 is 0. The largest absolute Gasteiger partial charge is 0.482 e. The van der Waals surface area contributed by atoms with Crippen LogP contribution in [0.1, 0.15) is 26.7 Å². The topological polar surface area (TPSA) is 76.4 Å². The van der Waals surface area contributed by atoms with Crippen LogP contribution in [0, 0.1) is 0 Å². The quantitative estimate of drug-likeness (QED) is 0.715. The Kier molecular flexibility index (Phi) is 3.60. The van der Waals surface area contributed by atoms with Gasteiger partial charge in [-0.05, 0) is 18.9 Å². The van der Waals surface area contributed by atoms with Crippen LogP contribution in [0.3, 0.4) is 0 Å². The van der Waals surface area contributed by atoms with Gasteiger partial charge >= 0.3 is 0 Å². The van der Waals surface area contributed by atoms with Gasteiger partial charge in [0.25, 0.3) is 5.91 Å². The highest BCUT2D eigenvalue weighted by atomic mass is 16.5. The minimum atomic E-state index is -0.138. The van der Waals surface area contributed by atoms with E-state index in [9.17, 15) is 4.79 Å². The van der Waals surface area contributed by atoms with Crippen LogP contribution in [-0.2, 0) is 4.79 Å². The van der Waals surface area contributed by atoms with Gasteiger partial charge < -0.3 is 21.1 Å². The zero-order chi connectivity index (χ0) is 13.1. The van der Waals surface area contributed by atoms with E-state index in [2.05, 4.69) is 24.5 Å². The highest BCUT2D eigenvalue weighted by molar-refractivity contribution is 5.97. The minimum Gasteiger partial charge on any atom is -0.482 e. The molecule has 4 N–H and O–H groups in total. The van der Waals surface area contributed by atoms with E-state index in [4.69, 9.17) is 10.5 Å². The van der Waals surface area contributed by atoms with Gasteiger partial charge in [0.2, 0.25) is 0 Å². The van der Waals surface area contributed by atoms with Crippen LogP contribution >= 0.6 is 0 Å². The molecule has 0 bridgehead atoms. The molecule has 0 fully saturated rings. The predicted molar refractivity (Wildman–Crippen MR) is 73.0 cm³/mol. The summed E-state index contributed by atoms with van der Waals surface area (Å²) in [6.45, 7) is 4.30. The molecule has 0 saturated heterocycles. The van der Waals surface area contributed by atoms with Crippen molar-refractivity contribution in [3.63, 3.8) is 0 Å². The highest BCUT2D eigenvalue weighted by Gasteiger charge is 2.18. The lowest BCUT2D eigenvalue weighted by atomic mass is 10.1. The van der Waals surface area contributed by atoms with Gasteiger partial charge in [-0.1, -0.05) is 13.8 Å². The molecule has 0 spiro atoms. The van der Waals surface area contributed by atoms with E-state index in [-0.39, 0.29) is 12.5 Å². The maximum absolute atomic E-state index is 11.3. The first-order valence-corrected chi connectivity index (χ1v) is 6.26. The van der Waals surface area contributed by atoms with Gasteiger partial charge in [0.15, 0.2) is 6.61 Å². The van der Waals surface area contributed by atoms with Crippen LogP contribution in [0.15, 0.2) is 12.1 Å². The zero-order valence-corrected chi connectivity index (χ0v) is 10.7. The van der Waals surface area contributed by atoms with Crippen LogP contribution in [0.25, 0.3) is 0 Å². The molecule has 1 heterocycles. The SMILES string of the molecule is CCC(CC)Nc1cc2c(cc1N)OCC(=O)N2. The summed E-state index contributed by atoms with van der Waals surface area (Å²) < 4.78 is 5.31. The molecule has 5 heteroatoms. The average Bonchev–Trinajstić information content (AvgIpc) is 2.36. The molecule has 5 nitrogen and oxygen atoms in total. The number of carbonyl (C=O) groups excluding carboxylic acids is 1. The second-order valence-corrected chi connectivity index (χ2v) is 4.43. The third-order valence-electron chi connectivity index (χ3n) is 3.13. The molecule has 0 saturated carbocycles. The molecule has 1 aliphatic heterocycles. The van der Waals surface area contributed by atoms with Crippen molar-refractivity contribution in [2.75, 3.05) is 23.0 Å². The first-order chi connectivity index (χ1) is 8.63. The lowest BCUT2D eigenvalue weighted by Gasteiger charge is -2.22. The number of nitrogen functional groups attached to an aromatic ring is 1. The minimum absolute atomic E-state index is 0.0474. The standard InChI is InChI=1S/C13H19N3O2/c1-3-8(4-2)15-10-6-11-12(5-9(10)14)18-7-13(17)16-11/h5-6,8,15H,3-4,7,14H2,1-2H3,(H,16,17). The first kappa shape index (κ1) is 12.5. The Labute approximate surface area is 107 Å². The van der Waals surface area contributed by atoms with E-state index in [0.717, 1.165) is 18.5 Å². The molecule has 0 atom stereocenters. The van der Waals surface area contributed by atoms with Gasteiger partial charge in [0.05, 0.1) is 17.1 Å². The van der Waals surface area contributed by atoms with Crippen molar-refractivity contribution in [3.8, 4) is 5.75 Å². The molecular formula is C13H19N3O2. The Bertz CT molecular complexity index is 456. The third kappa shape index (κ3) is 2.50. The van der Waals surface area contributed by atoms with E-state index < -0.39 is 0 Å². The lowest BCUT2D eigenvalue weighted by Crippen LogP contribution is -2.26. The van der Waals surface area contributed by atoms with Gasteiger partial charge in [-0.2, -0.15) is 0 Å². The van der Waals surface area contributed by atoms with Crippen LogP contribution in [-0.4, -0.2) is 18.6 Å². The fourth-order valence-electron chi connectivity index (χ4n) is 1.98. The second kappa shape index (κ2) is 5.16. The van der Waals surface area contributed by atoms with Crippen LogP contribution < -0.4 is 21.1 Å². The molecular weight excluding hydrogens is 230 g/mol. The van der Waals surface area contributed by atoms with Crippen molar-refractivity contribution in [2.24, 2.45) is 0 Å². The van der Waals surface area contributed by atoms with Crippen molar-refractivity contribution in [1.82, 2.24) is 0 Å². The number of hydrogen-bond acceptors (Lipinski definition) is 4. The van der Waals surface area contributed by atoms with E-state index in [1.165, 1.54) is 0 Å². The zero-order valence-electron chi connectivity index (χ0n) is 10.7. The van der Waals surface area contributed by atoms with Crippen molar-refractivity contribution in [1.29, 1.82) is 0 Å². The van der Waals surface area contributed by atoms with Crippen molar-refractivity contribution >= 4 is 23.0 Å². The summed E-state index contributed by atoms with van der Waals surface area (Å²) in [6, 6.07) is 3.96. The number of benzene rings is 1. The summed E-state index contributed by atoms with van der Waals surface area (Å²) in [5.41, 5.74) is 8.13. The number of carbonyl (C=O) groups is 1. The molecule has 1 aliphatic rings. The summed E-state index contributed by atoms with van der Waals surface area (Å²) in [7, 11) is 0. The number of ether oxygens (including phenoxy) is 1. The van der Waals surface area contributed by atoms with Gasteiger partial charge in [-0.15, -0.1) is 0 Å². The molecule has 0 aromatic heterocycles. The highest BCUT2D eigenvalue weighted by Crippen LogP contribution is 2.35. The van der Waals surface area contributed by atoms with E-state index >= 15 is 0 Å². The molecule has 1 aromatic carbocycles. The van der Waals surface area contributed by atoms with Crippen LogP contribution in [0.2, 0.25) is 0 Å². The number of amides is 1. The summed E-state index contributed by atoms with van der Waals surface area (Å²) in [5, 5.41) is 6.16. The first-order valence-electron chi connectivity index (χ1n) is 6.26. The Balaban J connectivity index is 2.26. The van der Waals surface area contributed by atoms with Crippen LogP contribution in [0.4, 0.5) is 17.1 Å². The van der Waals surface area contributed by atoms with Crippen molar-refractivity contribution in [3.05, 3.63) is 12.1 Å². The van der Waals surface area contributed by atoms with Gasteiger partial charge in [-0.25, -0.2) is 0 Å². The van der Waals surface area contributed by atoms with Gasteiger partial charge in [0.1, 0.15) is 5.75 Å². The number of anilines is 3. The molecule has 1 aromatic rings. The summed E-state index contributed by atoms with van der Waals surface area (Å²) in [6.07, 6.45) is 2.05. The van der Waals surface area contributed by atoms with Crippen molar-refractivity contribution in [2.45, 2.75) is 32.7 Å². The number of fused-ring (bicyclic) bond motifs is 1. The Hall–Kier alpha value is -1.91. The Morgan fingerprint density at radius 3 is 2.83 bits per heavy atom.